The molecule has 0 saturated carbocycles. The quantitative estimate of drug-likeness (QED) is 0.811. The van der Waals surface area contributed by atoms with Gasteiger partial charge in [-0.05, 0) is 44.0 Å². The predicted molar refractivity (Wildman–Crippen MR) is 76.8 cm³/mol. The van der Waals surface area contributed by atoms with Crippen molar-refractivity contribution in [2.75, 3.05) is 20.3 Å². The molecule has 114 valence electrons. The first-order chi connectivity index (χ1) is 9.25. The van der Waals surface area contributed by atoms with Gasteiger partial charge in [-0.25, -0.2) is 12.8 Å². The Bertz CT molecular complexity index is 549. The lowest BCUT2D eigenvalue weighted by molar-refractivity contribution is 0.142. The Labute approximate surface area is 120 Å². The second kappa shape index (κ2) is 6.65. The zero-order valence-corrected chi connectivity index (χ0v) is 13.4. The molecule has 1 aromatic carbocycles. The van der Waals surface area contributed by atoms with Crippen molar-refractivity contribution in [3.05, 3.63) is 29.1 Å². The molecule has 0 aliphatic heterocycles. The first kappa shape index (κ1) is 17.1. The molecule has 0 heterocycles. The first-order valence-corrected chi connectivity index (χ1v) is 7.97. The highest BCUT2D eigenvalue weighted by molar-refractivity contribution is 7.89. The van der Waals surface area contributed by atoms with Crippen LogP contribution >= 0.6 is 0 Å². The molecule has 0 saturated heterocycles. The van der Waals surface area contributed by atoms with Crippen molar-refractivity contribution < 1.29 is 17.5 Å². The molecule has 0 fully saturated rings. The van der Waals surface area contributed by atoms with E-state index in [9.17, 15) is 12.8 Å². The Morgan fingerprint density at radius 1 is 1.30 bits per heavy atom. The van der Waals surface area contributed by atoms with Gasteiger partial charge in [-0.1, -0.05) is 6.92 Å². The normalized spacial score (nSPS) is 13.8. The lowest BCUT2D eigenvalue weighted by Crippen LogP contribution is -2.41. The van der Waals surface area contributed by atoms with Crippen molar-refractivity contribution in [3.8, 4) is 0 Å². The molecule has 0 amide bonds. The molecule has 0 spiro atoms. The topological polar surface area (TPSA) is 46.6 Å². The number of sulfonamides is 1. The highest BCUT2D eigenvalue weighted by atomic mass is 32.2. The summed E-state index contributed by atoms with van der Waals surface area (Å²) in [7, 11) is -2.13. The van der Waals surface area contributed by atoms with E-state index >= 15 is 0 Å². The molecule has 1 aromatic rings. The van der Waals surface area contributed by atoms with Crippen molar-refractivity contribution in [1.29, 1.82) is 0 Å². The van der Waals surface area contributed by atoms with E-state index in [0.717, 1.165) is 0 Å². The van der Waals surface area contributed by atoms with Crippen molar-refractivity contribution in [1.82, 2.24) is 4.31 Å². The number of methoxy groups -OCH3 is 1. The Kier molecular flexibility index (Phi) is 5.68. The lowest BCUT2D eigenvalue weighted by atomic mass is 10.1. The summed E-state index contributed by atoms with van der Waals surface area (Å²) in [5.74, 6) is -0.424. The molecule has 20 heavy (non-hydrogen) atoms. The summed E-state index contributed by atoms with van der Waals surface area (Å²) in [5, 5.41) is 0. The molecule has 0 N–H and O–H groups in total. The highest BCUT2D eigenvalue weighted by Crippen LogP contribution is 2.26. The van der Waals surface area contributed by atoms with Crippen LogP contribution in [-0.2, 0) is 14.8 Å². The maximum atomic E-state index is 13.3. The minimum atomic E-state index is -3.66. The van der Waals surface area contributed by atoms with E-state index in [1.165, 1.54) is 23.5 Å². The van der Waals surface area contributed by atoms with Crippen LogP contribution in [0.4, 0.5) is 4.39 Å². The number of aryl methyl sites for hydroxylation is 2. The maximum absolute atomic E-state index is 13.3. The Balaban J connectivity index is 3.35. The van der Waals surface area contributed by atoms with Gasteiger partial charge in [0.15, 0.2) is 0 Å². The third-order valence-corrected chi connectivity index (χ3v) is 5.60. The number of hydrogen-bond donors (Lipinski definition) is 0. The van der Waals surface area contributed by atoms with Crippen LogP contribution in [0.25, 0.3) is 0 Å². The Morgan fingerprint density at radius 2 is 1.80 bits per heavy atom. The van der Waals surface area contributed by atoms with Gasteiger partial charge in [-0.15, -0.1) is 0 Å². The van der Waals surface area contributed by atoms with Gasteiger partial charge >= 0.3 is 0 Å². The molecule has 1 atom stereocenters. The molecule has 1 unspecified atom stereocenters. The number of likely N-dealkylation sites (N-methyl/N-ethyl adjacent to an activating group) is 1. The molecule has 0 aromatic heterocycles. The third kappa shape index (κ3) is 3.37. The van der Waals surface area contributed by atoms with Crippen LogP contribution in [0, 0.1) is 19.7 Å². The van der Waals surface area contributed by atoms with Crippen LogP contribution in [-0.4, -0.2) is 39.0 Å². The van der Waals surface area contributed by atoms with Crippen LogP contribution in [0.5, 0.6) is 0 Å². The van der Waals surface area contributed by atoms with E-state index in [2.05, 4.69) is 0 Å². The largest absolute Gasteiger partial charge is 0.383 e. The zero-order chi connectivity index (χ0) is 15.5. The molecular weight excluding hydrogens is 281 g/mol. The summed E-state index contributed by atoms with van der Waals surface area (Å²) in [6.45, 7) is 7.43. The van der Waals surface area contributed by atoms with E-state index in [-0.39, 0.29) is 10.9 Å². The monoisotopic (exact) mass is 303 g/mol. The smallest absolute Gasteiger partial charge is 0.243 e. The number of ether oxygens (including phenoxy) is 1. The molecule has 4 nitrogen and oxygen atoms in total. The molecular formula is C14H22FNO3S. The number of benzene rings is 1. The zero-order valence-electron chi connectivity index (χ0n) is 12.6. The fourth-order valence-electron chi connectivity index (χ4n) is 2.46. The van der Waals surface area contributed by atoms with Crippen LogP contribution in [0.15, 0.2) is 17.0 Å². The van der Waals surface area contributed by atoms with Gasteiger partial charge in [0, 0.05) is 19.7 Å². The average molecular weight is 303 g/mol. The number of halogens is 1. The van der Waals surface area contributed by atoms with Crippen molar-refractivity contribution >= 4 is 10.0 Å². The van der Waals surface area contributed by atoms with E-state index in [4.69, 9.17) is 4.74 Å². The molecule has 0 aliphatic rings. The van der Waals surface area contributed by atoms with Gasteiger partial charge in [0.1, 0.15) is 5.82 Å². The van der Waals surface area contributed by atoms with E-state index in [0.29, 0.717) is 24.3 Å². The minimum absolute atomic E-state index is 0.184. The fraction of sp³-hybridized carbons (Fsp3) is 0.571. The summed E-state index contributed by atoms with van der Waals surface area (Å²) in [5.41, 5.74) is 0.844. The van der Waals surface area contributed by atoms with E-state index < -0.39 is 15.8 Å². The molecule has 0 radical (unpaired) electrons. The first-order valence-electron chi connectivity index (χ1n) is 6.53. The maximum Gasteiger partial charge on any atom is 0.243 e. The van der Waals surface area contributed by atoms with E-state index in [1.54, 1.807) is 27.7 Å². The average Bonchev–Trinajstić information content (AvgIpc) is 2.27. The van der Waals surface area contributed by atoms with Gasteiger partial charge in [-0.2, -0.15) is 4.31 Å². The van der Waals surface area contributed by atoms with Crippen molar-refractivity contribution in [2.45, 2.75) is 38.6 Å². The summed E-state index contributed by atoms with van der Waals surface area (Å²) in [4.78, 5) is 0.184. The van der Waals surface area contributed by atoms with Gasteiger partial charge in [-0.3, -0.25) is 0 Å². The second-order valence-corrected chi connectivity index (χ2v) is 6.71. The Hall–Kier alpha value is -0.980. The van der Waals surface area contributed by atoms with Gasteiger partial charge in [0.05, 0.1) is 11.5 Å². The van der Waals surface area contributed by atoms with E-state index in [1.807, 2.05) is 0 Å². The molecule has 6 heteroatoms. The summed E-state index contributed by atoms with van der Waals surface area (Å²) < 4.78 is 45.3. The number of rotatable bonds is 6. The Morgan fingerprint density at radius 3 is 2.20 bits per heavy atom. The van der Waals surface area contributed by atoms with Crippen LogP contribution in [0.3, 0.4) is 0 Å². The minimum Gasteiger partial charge on any atom is -0.383 e. The lowest BCUT2D eigenvalue weighted by Gasteiger charge is -2.28. The van der Waals surface area contributed by atoms with Crippen molar-refractivity contribution in [3.63, 3.8) is 0 Å². The standard InChI is InChI=1S/C14H22FNO3S/c1-6-16(12(4)9-19-5)20(17,18)14-10(2)7-13(15)8-11(14)3/h7-8,12H,6,9H2,1-5H3. The van der Waals surface area contributed by atoms with Gasteiger partial charge < -0.3 is 4.74 Å². The summed E-state index contributed by atoms with van der Waals surface area (Å²) in [6.07, 6.45) is 0. The molecule has 0 bridgehead atoms. The van der Waals surface area contributed by atoms with Gasteiger partial charge in [0.25, 0.3) is 0 Å². The third-order valence-electron chi connectivity index (χ3n) is 3.20. The number of hydrogen-bond acceptors (Lipinski definition) is 3. The van der Waals surface area contributed by atoms with Gasteiger partial charge in [0.2, 0.25) is 10.0 Å². The number of nitrogens with zero attached hydrogens (tertiary/aromatic N) is 1. The predicted octanol–water partition coefficient (Wildman–Crippen LogP) is 2.49. The SMILES string of the molecule is CCN(C(C)COC)S(=O)(=O)c1c(C)cc(F)cc1C. The highest BCUT2D eigenvalue weighted by Gasteiger charge is 2.30. The summed E-state index contributed by atoms with van der Waals surface area (Å²) >= 11 is 0. The van der Waals surface area contributed by atoms with Crippen LogP contribution in [0.2, 0.25) is 0 Å². The van der Waals surface area contributed by atoms with Crippen LogP contribution in [0.1, 0.15) is 25.0 Å². The molecule has 0 aliphatic carbocycles. The second-order valence-electron chi connectivity index (χ2n) is 4.88. The fourth-order valence-corrected chi connectivity index (χ4v) is 4.51. The molecule has 1 rings (SSSR count). The van der Waals surface area contributed by atoms with Crippen molar-refractivity contribution in [2.24, 2.45) is 0 Å². The summed E-state index contributed by atoms with van der Waals surface area (Å²) in [6, 6.07) is 2.21. The van der Waals surface area contributed by atoms with Crippen LogP contribution < -0.4 is 0 Å².